The van der Waals surface area contributed by atoms with Crippen molar-refractivity contribution < 1.29 is 36.5 Å². The van der Waals surface area contributed by atoms with E-state index < -0.39 is 17.8 Å². The van der Waals surface area contributed by atoms with Crippen LogP contribution in [0, 0.1) is 0 Å². The number of nitrogens with one attached hydrogen (secondary N) is 2. The molecule has 1 rings (SSSR count). The minimum absolute atomic E-state index is 0. The van der Waals surface area contributed by atoms with Crippen LogP contribution in [-0.4, -0.2) is 71.6 Å². The SMILES string of the molecule is CCC(=O)NCCN(CCNC(=O)CC)C(=O)CCCCC(=O)ON1C(=O)CCC1=O.[HH].[HH]. The van der Waals surface area contributed by atoms with Crippen molar-refractivity contribution in [2.24, 2.45) is 0 Å². The molecule has 1 aliphatic rings. The molecule has 0 unspecified atom stereocenters. The monoisotopic (exact) mass is 444 g/mol. The van der Waals surface area contributed by atoms with Gasteiger partial charge in [0.25, 0.3) is 11.8 Å². The van der Waals surface area contributed by atoms with Gasteiger partial charge in [-0.15, -0.1) is 5.06 Å². The second-order valence-electron chi connectivity index (χ2n) is 7.04. The van der Waals surface area contributed by atoms with Crippen LogP contribution < -0.4 is 10.6 Å². The average Bonchev–Trinajstić information content (AvgIpc) is 3.06. The summed E-state index contributed by atoms with van der Waals surface area (Å²) in [6.45, 7) is 4.72. The minimum atomic E-state index is -0.697. The highest BCUT2D eigenvalue weighted by Crippen LogP contribution is 2.13. The number of unbranched alkanes of at least 4 members (excludes halogenated alkanes) is 1. The Morgan fingerprint density at radius 2 is 1.39 bits per heavy atom. The number of hydrogen-bond donors (Lipinski definition) is 2. The lowest BCUT2D eigenvalue weighted by Crippen LogP contribution is -2.42. The third-order valence-corrected chi connectivity index (χ3v) is 4.62. The summed E-state index contributed by atoms with van der Waals surface area (Å²) in [4.78, 5) is 76.3. The van der Waals surface area contributed by atoms with Crippen molar-refractivity contribution in [3.8, 4) is 0 Å². The number of imide groups is 1. The van der Waals surface area contributed by atoms with Crippen molar-refractivity contribution in [3.63, 3.8) is 0 Å². The van der Waals surface area contributed by atoms with Crippen molar-refractivity contribution in [1.29, 1.82) is 0 Å². The fourth-order valence-electron chi connectivity index (χ4n) is 2.78. The van der Waals surface area contributed by atoms with Gasteiger partial charge in [-0.25, -0.2) is 4.79 Å². The van der Waals surface area contributed by atoms with E-state index in [4.69, 9.17) is 4.84 Å². The summed E-state index contributed by atoms with van der Waals surface area (Å²) >= 11 is 0. The summed E-state index contributed by atoms with van der Waals surface area (Å²) in [5, 5.41) is 5.93. The van der Waals surface area contributed by atoms with E-state index in [0.29, 0.717) is 56.9 Å². The first kappa shape index (κ1) is 26.1. The van der Waals surface area contributed by atoms with Crippen LogP contribution in [0.15, 0.2) is 0 Å². The Bertz CT molecular complexity index is 653. The normalized spacial score (nSPS) is 13.2. The average molecular weight is 445 g/mol. The molecule has 0 aromatic rings. The first-order valence-electron chi connectivity index (χ1n) is 10.7. The zero-order chi connectivity index (χ0) is 23.2. The topological polar surface area (TPSA) is 142 Å². The molecule has 0 aromatic carbocycles. The highest BCUT2D eigenvalue weighted by Gasteiger charge is 2.32. The van der Waals surface area contributed by atoms with Crippen LogP contribution in [0.2, 0.25) is 0 Å². The summed E-state index contributed by atoms with van der Waals surface area (Å²) < 4.78 is 0. The molecule has 0 aliphatic carbocycles. The van der Waals surface area contributed by atoms with E-state index in [1.54, 1.807) is 18.7 Å². The Morgan fingerprint density at radius 1 is 0.903 bits per heavy atom. The minimum Gasteiger partial charge on any atom is -0.354 e. The van der Waals surface area contributed by atoms with Crippen LogP contribution in [0.5, 0.6) is 0 Å². The molecular weight excluding hydrogens is 408 g/mol. The third-order valence-electron chi connectivity index (χ3n) is 4.62. The summed E-state index contributed by atoms with van der Waals surface area (Å²) in [5.74, 6) is -2.14. The number of nitrogens with zero attached hydrogens (tertiary/aromatic N) is 2. The fourth-order valence-corrected chi connectivity index (χ4v) is 2.78. The highest BCUT2D eigenvalue weighted by atomic mass is 16.7. The van der Waals surface area contributed by atoms with Gasteiger partial charge < -0.3 is 20.4 Å². The number of hydrogen-bond acceptors (Lipinski definition) is 7. The first-order chi connectivity index (χ1) is 14.8. The van der Waals surface area contributed by atoms with E-state index >= 15 is 0 Å². The number of carbonyl (C=O) groups excluding carboxylic acids is 6. The maximum Gasteiger partial charge on any atom is 0.333 e. The van der Waals surface area contributed by atoms with E-state index in [-0.39, 0.29) is 46.3 Å². The lowest BCUT2D eigenvalue weighted by Gasteiger charge is -2.23. The van der Waals surface area contributed by atoms with Gasteiger partial charge in [0.15, 0.2) is 0 Å². The van der Waals surface area contributed by atoms with Gasteiger partial charge in [0.2, 0.25) is 17.7 Å². The predicted octanol–water partition coefficient (Wildman–Crippen LogP) is 0.527. The van der Waals surface area contributed by atoms with Gasteiger partial charge in [-0.1, -0.05) is 13.8 Å². The molecule has 1 heterocycles. The number of rotatable bonds is 14. The number of hydroxylamine groups is 2. The van der Waals surface area contributed by atoms with Crippen LogP contribution in [-0.2, 0) is 33.6 Å². The molecule has 178 valence electrons. The van der Waals surface area contributed by atoms with Gasteiger partial charge in [-0.2, -0.15) is 0 Å². The number of amides is 5. The molecule has 11 nitrogen and oxygen atoms in total. The molecule has 2 N–H and O–H groups in total. The molecule has 1 fully saturated rings. The van der Waals surface area contributed by atoms with Crippen molar-refractivity contribution in [2.75, 3.05) is 26.2 Å². The second kappa shape index (κ2) is 14.1. The molecule has 0 saturated carbocycles. The van der Waals surface area contributed by atoms with Crippen LogP contribution in [0.1, 0.15) is 68.1 Å². The zero-order valence-corrected chi connectivity index (χ0v) is 18.2. The lowest BCUT2D eigenvalue weighted by molar-refractivity contribution is -0.197. The van der Waals surface area contributed by atoms with E-state index in [2.05, 4.69) is 10.6 Å². The van der Waals surface area contributed by atoms with Gasteiger partial charge in [0, 0.05) is 67.6 Å². The van der Waals surface area contributed by atoms with Crippen LogP contribution in [0.3, 0.4) is 0 Å². The molecule has 0 spiro atoms. The molecule has 31 heavy (non-hydrogen) atoms. The smallest absolute Gasteiger partial charge is 0.333 e. The maximum atomic E-state index is 12.5. The van der Waals surface area contributed by atoms with E-state index in [1.807, 2.05) is 0 Å². The third kappa shape index (κ3) is 10.1. The Hall–Kier alpha value is -2.98. The van der Waals surface area contributed by atoms with E-state index in [1.165, 1.54) is 0 Å². The second-order valence-corrected chi connectivity index (χ2v) is 7.04. The molecule has 0 aromatic heterocycles. The largest absolute Gasteiger partial charge is 0.354 e. The summed E-state index contributed by atoms with van der Waals surface area (Å²) in [7, 11) is 0. The Kier molecular flexibility index (Phi) is 11.9. The van der Waals surface area contributed by atoms with E-state index in [9.17, 15) is 28.8 Å². The van der Waals surface area contributed by atoms with Crippen LogP contribution >= 0.6 is 0 Å². The summed E-state index contributed by atoms with van der Waals surface area (Å²) in [6.07, 6.45) is 1.70. The highest BCUT2D eigenvalue weighted by molar-refractivity contribution is 6.01. The molecule has 1 saturated heterocycles. The molecule has 5 amide bonds. The molecule has 0 bridgehead atoms. The first-order valence-corrected chi connectivity index (χ1v) is 10.7. The Labute approximate surface area is 184 Å². The van der Waals surface area contributed by atoms with Crippen molar-refractivity contribution in [2.45, 2.75) is 65.2 Å². The number of carbonyl (C=O) groups is 6. The van der Waals surface area contributed by atoms with Crippen LogP contribution in [0.4, 0.5) is 0 Å². The molecular formula is C20H36N4O7. The maximum absolute atomic E-state index is 12.5. The van der Waals surface area contributed by atoms with Crippen molar-refractivity contribution in [1.82, 2.24) is 20.6 Å². The van der Waals surface area contributed by atoms with Crippen molar-refractivity contribution >= 4 is 35.5 Å². The van der Waals surface area contributed by atoms with Gasteiger partial charge in [-0.3, -0.25) is 24.0 Å². The van der Waals surface area contributed by atoms with Gasteiger partial charge in [0.1, 0.15) is 0 Å². The Morgan fingerprint density at radius 3 is 1.87 bits per heavy atom. The van der Waals surface area contributed by atoms with Gasteiger partial charge in [0.05, 0.1) is 0 Å². The molecule has 1 aliphatic heterocycles. The zero-order valence-electron chi connectivity index (χ0n) is 18.2. The van der Waals surface area contributed by atoms with Gasteiger partial charge in [-0.05, 0) is 12.8 Å². The summed E-state index contributed by atoms with van der Waals surface area (Å²) in [6, 6.07) is 0. The standard InChI is InChI=1S/C20H32N4O7.2H2/c1-3-15(25)21-11-13-23(14-12-22-16(26)4-2)17(27)7-5-6-8-20(30)31-24-18(28)9-10-19(24)29;;/h3-14H2,1-2H3,(H,21,25)(H,22,26);2*1H. The lowest BCUT2D eigenvalue weighted by atomic mass is 10.2. The molecule has 0 atom stereocenters. The Balaban J connectivity index is 0. The predicted molar refractivity (Wildman–Crippen MR) is 113 cm³/mol. The van der Waals surface area contributed by atoms with Gasteiger partial charge >= 0.3 is 5.97 Å². The molecule has 11 heteroatoms. The van der Waals surface area contributed by atoms with Crippen LogP contribution in [0.25, 0.3) is 0 Å². The van der Waals surface area contributed by atoms with Crippen molar-refractivity contribution in [3.05, 3.63) is 0 Å². The van der Waals surface area contributed by atoms with E-state index in [0.717, 1.165) is 0 Å². The summed E-state index contributed by atoms with van der Waals surface area (Å²) in [5.41, 5.74) is 0. The quantitative estimate of drug-likeness (QED) is 0.294. The molecule has 0 radical (unpaired) electrons. The fraction of sp³-hybridized carbons (Fsp3) is 0.700.